The van der Waals surface area contributed by atoms with Crippen molar-refractivity contribution in [1.82, 2.24) is 0 Å². The summed E-state index contributed by atoms with van der Waals surface area (Å²) in [5, 5.41) is 6.09. The third kappa shape index (κ3) is 4.23. The van der Waals surface area contributed by atoms with Gasteiger partial charge in [0.15, 0.2) is 0 Å². The Morgan fingerprint density at radius 2 is 1.68 bits per heavy atom. The van der Waals surface area contributed by atoms with Crippen LogP contribution < -0.4 is 10.6 Å². The second kappa shape index (κ2) is 6.41. The van der Waals surface area contributed by atoms with E-state index >= 15 is 0 Å². The lowest BCUT2D eigenvalue weighted by Gasteiger charge is -2.09. The van der Waals surface area contributed by atoms with Crippen LogP contribution >= 0.6 is 43.5 Å². The SMILES string of the molecule is O=C(Nc1ccc(Cl)cc1)Nc1ccc(Br)cc1Br. The number of benzene rings is 2. The highest BCUT2D eigenvalue weighted by Crippen LogP contribution is 2.26. The van der Waals surface area contributed by atoms with Crippen molar-refractivity contribution in [2.24, 2.45) is 0 Å². The van der Waals surface area contributed by atoms with Crippen LogP contribution in [0.25, 0.3) is 0 Å². The first kappa shape index (κ1) is 14.4. The van der Waals surface area contributed by atoms with Crippen molar-refractivity contribution in [2.45, 2.75) is 0 Å². The largest absolute Gasteiger partial charge is 0.323 e. The molecule has 98 valence electrons. The van der Waals surface area contributed by atoms with E-state index in [1.54, 1.807) is 30.3 Å². The van der Waals surface area contributed by atoms with Gasteiger partial charge in [0.05, 0.1) is 5.69 Å². The van der Waals surface area contributed by atoms with Crippen LogP contribution in [-0.4, -0.2) is 6.03 Å². The van der Waals surface area contributed by atoms with Gasteiger partial charge in [-0.15, -0.1) is 0 Å². The number of urea groups is 1. The molecule has 0 atom stereocenters. The van der Waals surface area contributed by atoms with E-state index in [1.165, 1.54) is 0 Å². The number of carbonyl (C=O) groups is 1. The smallest absolute Gasteiger partial charge is 0.308 e. The van der Waals surface area contributed by atoms with Crippen molar-refractivity contribution in [3.05, 3.63) is 56.4 Å². The van der Waals surface area contributed by atoms with Gasteiger partial charge in [-0.2, -0.15) is 0 Å². The molecule has 19 heavy (non-hydrogen) atoms. The maximum atomic E-state index is 11.8. The van der Waals surface area contributed by atoms with Gasteiger partial charge >= 0.3 is 6.03 Å². The first-order chi connectivity index (χ1) is 9.04. The van der Waals surface area contributed by atoms with Crippen LogP contribution in [0.1, 0.15) is 0 Å². The fourth-order valence-corrected chi connectivity index (χ4v) is 2.68. The second-order valence-corrected chi connectivity index (χ2v) is 5.92. The summed E-state index contributed by atoms with van der Waals surface area (Å²) in [6, 6.07) is 12.1. The molecule has 0 aliphatic rings. The van der Waals surface area contributed by atoms with Crippen LogP contribution in [0.4, 0.5) is 16.2 Å². The van der Waals surface area contributed by atoms with Gasteiger partial charge in [-0.25, -0.2) is 4.79 Å². The molecule has 0 unspecified atom stereocenters. The molecule has 0 saturated carbocycles. The Labute approximate surface area is 132 Å². The molecule has 0 aliphatic carbocycles. The third-order valence-corrected chi connectivity index (χ3v) is 3.68. The molecule has 2 N–H and O–H groups in total. The number of hydrogen-bond donors (Lipinski definition) is 2. The van der Waals surface area contributed by atoms with Crippen molar-refractivity contribution < 1.29 is 4.79 Å². The summed E-state index contributed by atoms with van der Waals surface area (Å²) in [4.78, 5) is 11.8. The Morgan fingerprint density at radius 3 is 2.32 bits per heavy atom. The van der Waals surface area contributed by atoms with E-state index in [2.05, 4.69) is 42.5 Å². The van der Waals surface area contributed by atoms with Crippen LogP contribution in [0.5, 0.6) is 0 Å². The lowest BCUT2D eigenvalue weighted by Crippen LogP contribution is -2.19. The molecule has 2 rings (SSSR count). The average Bonchev–Trinajstić information content (AvgIpc) is 2.36. The predicted molar refractivity (Wildman–Crippen MR) is 85.9 cm³/mol. The fourth-order valence-electron chi connectivity index (χ4n) is 1.41. The maximum Gasteiger partial charge on any atom is 0.323 e. The first-order valence-electron chi connectivity index (χ1n) is 5.33. The molecule has 0 spiro atoms. The topological polar surface area (TPSA) is 41.1 Å². The summed E-state index contributed by atoms with van der Waals surface area (Å²) in [5.41, 5.74) is 1.37. The Kier molecular flexibility index (Phi) is 4.85. The lowest BCUT2D eigenvalue weighted by atomic mass is 10.3. The highest BCUT2D eigenvalue weighted by atomic mass is 79.9. The monoisotopic (exact) mass is 402 g/mol. The molecule has 2 aromatic carbocycles. The third-order valence-electron chi connectivity index (χ3n) is 2.28. The molecule has 0 aromatic heterocycles. The second-order valence-electron chi connectivity index (χ2n) is 3.71. The van der Waals surface area contributed by atoms with E-state index in [0.717, 1.165) is 8.95 Å². The Bertz CT molecular complexity index is 602. The van der Waals surface area contributed by atoms with Crippen molar-refractivity contribution >= 4 is 60.9 Å². The molecule has 0 heterocycles. The van der Waals surface area contributed by atoms with Gasteiger partial charge in [-0.1, -0.05) is 27.5 Å². The maximum absolute atomic E-state index is 11.8. The number of halogens is 3. The van der Waals surface area contributed by atoms with Gasteiger partial charge in [0.2, 0.25) is 0 Å². The van der Waals surface area contributed by atoms with Gasteiger partial charge in [0.1, 0.15) is 0 Å². The predicted octanol–water partition coefficient (Wildman–Crippen LogP) is 5.51. The highest BCUT2D eigenvalue weighted by molar-refractivity contribution is 9.11. The molecule has 0 aliphatic heterocycles. The molecular formula is C13H9Br2ClN2O. The van der Waals surface area contributed by atoms with Crippen molar-refractivity contribution in [3.63, 3.8) is 0 Å². The van der Waals surface area contributed by atoms with E-state index in [-0.39, 0.29) is 6.03 Å². The average molecular weight is 404 g/mol. The van der Waals surface area contributed by atoms with E-state index in [4.69, 9.17) is 11.6 Å². The summed E-state index contributed by atoms with van der Waals surface area (Å²) in [6.07, 6.45) is 0. The van der Waals surface area contributed by atoms with Crippen molar-refractivity contribution in [3.8, 4) is 0 Å². The minimum atomic E-state index is -0.314. The zero-order chi connectivity index (χ0) is 13.8. The number of rotatable bonds is 2. The molecular weight excluding hydrogens is 395 g/mol. The Morgan fingerprint density at radius 1 is 1.00 bits per heavy atom. The zero-order valence-corrected chi connectivity index (χ0v) is 13.5. The summed E-state index contributed by atoms with van der Waals surface area (Å²) in [6.45, 7) is 0. The molecule has 2 amide bonds. The first-order valence-corrected chi connectivity index (χ1v) is 7.29. The highest BCUT2D eigenvalue weighted by Gasteiger charge is 2.06. The number of anilines is 2. The quantitative estimate of drug-likeness (QED) is 0.681. The molecule has 2 aromatic rings. The van der Waals surface area contributed by atoms with E-state index in [1.807, 2.05) is 12.1 Å². The van der Waals surface area contributed by atoms with Crippen molar-refractivity contribution in [1.29, 1.82) is 0 Å². The number of amides is 2. The van der Waals surface area contributed by atoms with E-state index < -0.39 is 0 Å². The zero-order valence-electron chi connectivity index (χ0n) is 9.58. The lowest BCUT2D eigenvalue weighted by molar-refractivity contribution is 0.262. The van der Waals surface area contributed by atoms with Crippen molar-refractivity contribution in [2.75, 3.05) is 10.6 Å². The molecule has 6 heteroatoms. The van der Waals surface area contributed by atoms with Gasteiger partial charge in [0.25, 0.3) is 0 Å². The molecule has 0 radical (unpaired) electrons. The van der Waals surface area contributed by atoms with Crippen LogP contribution in [0.2, 0.25) is 5.02 Å². The Balaban J connectivity index is 2.03. The number of nitrogens with one attached hydrogen (secondary N) is 2. The van der Waals surface area contributed by atoms with Gasteiger partial charge in [-0.3, -0.25) is 0 Å². The van der Waals surface area contributed by atoms with Gasteiger partial charge in [0, 0.05) is 19.7 Å². The van der Waals surface area contributed by atoms with E-state index in [9.17, 15) is 4.79 Å². The van der Waals surface area contributed by atoms with Crippen LogP contribution in [0.3, 0.4) is 0 Å². The van der Waals surface area contributed by atoms with Gasteiger partial charge < -0.3 is 10.6 Å². The normalized spacial score (nSPS) is 10.1. The summed E-state index contributed by atoms with van der Waals surface area (Å²) in [5.74, 6) is 0. The summed E-state index contributed by atoms with van der Waals surface area (Å²) >= 11 is 12.5. The number of carbonyl (C=O) groups excluding carboxylic acids is 1. The van der Waals surface area contributed by atoms with E-state index in [0.29, 0.717) is 16.4 Å². The summed E-state index contributed by atoms with van der Waals surface area (Å²) < 4.78 is 1.73. The van der Waals surface area contributed by atoms with Crippen LogP contribution in [0, 0.1) is 0 Å². The van der Waals surface area contributed by atoms with Crippen LogP contribution in [0.15, 0.2) is 51.4 Å². The Hall–Kier alpha value is -1.04. The van der Waals surface area contributed by atoms with Gasteiger partial charge in [-0.05, 0) is 58.4 Å². The number of hydrogen-bond acceptors (Lipinski definition) is 1. The standard InChI is InChI=1S/C13H9Br2ClN2O/c14-8-1-6-12(11(15)7-8)18-13(19)17-10-4-2-9(16)3-5-10/h1-7H,(H2,17,18,19). The summed E-state index contributed by atoms with van der Waals surface area (Å²) in [7, 11) is 0. The molecule has 0 saturated heterocycles. The minimum Gasteiger partial charge on any atom is -0.308 e. The fraction of sp³-hybridized carbons (Fsp3) is 0. The van der Waals surface area contributed by atoms with Crippen LogP contribution in [-0.2, 0) is 0 Å². The molecule has 0 fully saturated rings. The minimum absolute atomic E-state index is 0.314. The molecule has 0 bridgehead atoms. The molecule has 3 nitrogen and oxygen atoms in total.